The Bertz CT molecular complexity index is 563. The van der Waals surface area contributed by atoms with E-state index in [1.54, 1.807) is 6.07 Å². The Kier molecular flexibility index (Phi) is 3.92. The molecular weight excluding hydrogens is 266 g/mol. The summed E-state index contributed by atoms with van der Waals surface area (Å²) < 4.78 is 0. The molecule has 1 fully saturated rings. The zero-order valence-corrected chi connectivity index (χ0v) is 12.0. The molecule has 0 radical (unpaired) electrons. The highest BCUT2D eigenvalue weighted by molar-refractivity contribution is 5.98. The maximum atomic E-state index is 12.3. The van der Waals surface area contributed by atoms with Gasteiger partial charge >= 0.3 is 0 Å². The SMILES string of the molecule is N[C@H]1CC[C@H](NC(=O)c2ccc3c(c2)CCC(=O)N3)CC1. The van der Waals surface area contributed by atoms with Crippen LogP contribution in [0, 0.1) is 0 Å². The summed E-state index contributed by atoms with van der Waals surface area (Å²) in [5.41, 5.74) is 8.41. The van der Waals surface area contributed by atoms with Crippen LogP contribution < -0.4 is 16.4 Å². The standard InChI is InChI=1S/C16H21N3O2/c17-12-3-5-13(6-4-12)18-16(21)11-1-7-14-10(9-11)2-8-15(20)19-14/h1,7,9,12-13H,2-6,8,17H2,(H,18,21)(H,19,20)/t12-,13-. The Labute approximate surface area is 124 Å². The van der Waals surface area contributed by atoms with Gasteiger partial charge in [0.15, 0.2) is 0 Å². The summed E-state index contributed by atoms with van der Waals surface area (Å²) in [6, 6.07) is 5.99. The quantitative estimate of drug-likeness (QED) is 0.772. The van der Waals surface area contributed by atoms with Crippen LogP contribution in [0.5, 0.6) is 0 Å². The van der Waals surface area contributed by atoms with Crippen LogP contribution in [0.3, 0.4) is 0 Å². The normalized spacial score (nSPS) is 24.9. The van der Waals surface area contributed by atoms with Gasteiger partial charge < -0.3 is 16.4 Å². The summed E-state index contributed by atoms with van der Waals surface area (Å²) in [6.45, 7) is 0. The zero-order chi connectivity index (χ0) is 14.8. The molecule has 1 aromatic carbocycles. The molecule has 1 aromatic rings. The van der Waals surface area contributed by atoms with Gasteiger partial charge in [0, 0.05) is 29.8 Å². The van der Waals surface area contributed by atoms with E-state index < -0.39 is 0 Å². The van der Waals surface area contributed by atoms with Crippen LogP contribution in [0.2, 0.25) is 0 Å². The molecule has 21 heavy (non-hydrogen) atoms. The topological polar surface area (TPSA) is 84.2 Å². The number of rotatable bonds is 2. The van der Waals surface area contributed by atoms with Crippen LogP contribution in [0.4, 0.5) is 5.69 Å². The third kappa shape index (κ3) is 3.24. The van der Waals surface area contributed by atoms with Crippen molar-refractivity contribution in [1.82, 2.24) is 5.32 Å². The second-order valence-electron chi connectivity index (χ2n) is 6.01. The van der Waals surface area contributed by atoms with E-state index in [-0.39, 0.29) is 23.9 Å². The first-order valence-electron chi connectivity index (χ1n) is 7.61. The molecule has 1 saturated carbocycles. The van der Waals surface area contributed by atoms with Gasteiger partial charge in [-0.3, -0.25) is 9.59 Å². The fourth-order valence-corrected chi connectivity index (χ4v) is 3.06. The van der Waals surface area contributed by atoms with Gasteiger partial charge in [-0.1, -0.05) is 0 Å². The lowest BCUT2D eigenvalue weighted by atomic mass is 9.91. The first kappa shape index (κ1) is 14.1. The summed E-state index contributed by atoms with van der Waals surface area (Å²) in [6.07, 6.45) is 5.03. The van der Waals surface area contributed by atoms with E-state index in [1.807, 2.05) is 12.1 Å². The Morgan fingerprint density at radius 3 is 2.71 bits per heavy atom. The van der Waals surface area contributed by atoms with Crippen molar-refractivity contribution in [1.29, 1.82) is 0 Å². The van der Waals surface area contributed by atoms with Crippen LogP contribution in [0.15, 0.2) is 18.2 Å². The molecule has 0 aromatic heterocycles. The molecule has 2 aliphatic rings. The maximum Gasteiger partial charge on any atom is 0.251 e. The number of fused-ring (bicyclic) bond motifs is 1. The van der Waals surface area contributed by atoms with Gasteiger partial charge in [-0.2, -0.15) is 0 Å². The van der Waals surface area contributed by atoms with Crippen LogP contribution in [0.25, 0.3) is 0 Å². The van der Waals surface area contributed by atoms with Gasteiger partial charge in [0.1, 0.15) is 0 Å². The van der Waals surface area contributed by atoms with Gasteiger partial charge in [-0.15, -0.1) is 0 Å². The molecule has 0 atom stereocenters. The second kappa shape index (κ2) is 5.85. The molecule has 1 heterocycles. The number of carbonyl (C=O) groups is 2. The minimum Gasteiger partial charge on any atom is -0.349 e. The number of anilines is 1. The second-order valence-corrected chi connectivity index (χ2v) is 6.01. The largest absolute Gasteiger partial charge is 0.349 e. The number of amides is 2. The third-order valence-corrected chi connectivity index (χ3v) is 4.37. The fourth-order valence-electron chi connectivity index (χ4n) is 3.06. The van der Waals surface area contributed by atoms with Crippen molar-refractivity contribution in [2.75, 3.05) is 5.32 Å². The highest BCUT2D eigenvalue weighted by atomic mass is 16.2. The van der Waals surface area contributed by atoms with Crippen molar-refractivity contribution in [2.24, 2.45) is 5.73 Å². The molecule has 2 amide bonds. The smallest absolute Gasteiger partial charge is 0.251 e. The lowest BCUT2D eigenvalue weighted by Gasteiger charge is -2.27. The summed E-state index contributed by atoms with van der Waals surface area (Å²) >= 11 is 0. The van der Waals surface area contributed by atoms with Crippen molar-refractivity contribution < 1.29 is 9.59 Å². The first-order valence-corrected chi connectivity index (χ1v) is 7.61. The average molecular weight is 287 g/mol. The predicted molar refractivity (Wildman–Crippen MR) is 81.1 cm³/mol. The minimum absolute atomic E-state index is 0.0322. The monoisotopic (exact) mass is 287 g/mol. The molecule has 0 unspecified atom stereocenters. The highest BCUT2D eigenvalue weighted by Crippen LogP contribution is 2.24. The van der Waals surface area contributed by atoms with Crippen LogP contribution >= 0.6 is 0 Å². The Hall–Kier alpha value is -1.88. The van der Waals surface area contributed by atoms with Gasteiger partial charge in [-0.05, 0) is 55.9 Å². The number of benzene rings is 1. The third-order valence-electron chi connectivity index (χ3n) is 4.37. The number of hydrogen-bond acceptors (Lipinski definition) is 3. The molecular formula is C16H21N3O2. The lowest BCUT2D eigenvalue weighted by Crippen LogP contribution is -2.40. The Morgan fingerprint density at radius 2 is 1.95 bits per heavy atom. The molecule has 0 spiro atoms. The summed E-state index contributed by atoms with van der Waals surface area (Å²) in [5.74, 6) is 0.00779. The van der Waals surface area contributed by atoms with E-state index in [2.05, 4.69) is 10.6 Å². The lowest BCUT2D eigenvalue weighted by molar-refractivity contribution is -0.116. The molecule has 4 N–H and O–H groups in total. The van der Waals surface area contributed by atoms with E-state index in [1.165, 1.54) is 0 Å². The number of aryl methyl sites for hydroxylation is 1. The Balaban J connectivity index is 1.66. The molecule has 1 aliphatic heterocycles. The van der Waals surface area contributed by atoms with E-state index in [0.29, 0.717) is 18.4 Å². The van der Waals surface area contributed by atoms with Crippen molar-refractivity contribution in [3.63, 3.8) is 0 Å². The van der Waals surface area contributed by atoms with Crippen molar-refractivity contribution in [3.8, 4) is 0 Å². The average Bonchev–Trinajstić information content (AvgIpc) is 2.49. The molecule has 5 heteroatoms. The van der Waals surface area contributed by atoms with Gasteiger partial charge in [-0.25, -0.2) is 0 Å². The van der Waals surface area contributed by atoms with Crippen molar-refractivity contribution in [2.45, 2.75) is 50.6 Å². The molecule has 0 saturated heterocycles. The van der Waals surface area contributed by atoms with Crippen molar-refractivity contribution in [3.05, 3.63) is 29.3 Å². The van der Waals surface area contributed by atoms with E-state index in [4.69, 9.17) is 5.73 Å². The number of nitrogens with one attached hydrogen (secondary N) is 2. The maximum absolute atomic E-state index is 12.3. The van der Waals surface area contributed by atoms with Crippen LogP contribution in [-0.4, -0.2) is 23.9 Å². The molecule has 112 valence electrons. The summed E-state index contributed by atoms with van der Waals surface area (Å²) in [4.78, 5) is 23.6. The van der Waals surface area contributed by atoms with Gasteiger partial charge in [0.25, 0.3) is 5.91 Å². The molecule has 1 aliphatic carbocycles. The summed E-state index contributed by atoms with van der Waals surface area (Å²) in [7, 11) is 0. The van der Waals surface area contributed by atoms with Gasteiger partial charge in [0.2, 0.25) is 5.91 Å². The molecule has 5 nitrogen and oxygen atoms in total. The molecule has 0 bridgehead atoms. The van der Waals surface area contributed by atoms with Crippen molar-refractivity contribution >= 4 is 17.5 Å². The molecule has 3 rings (SSSR count). The first-order chi connectivity index (χ1) is 10.1. The fraction of sp³-hybridized carbons (Fsp3) is 0.500. The number of carbonyl (C=O) groups excluding carboxylic acids is 2. The number of nitrogens with two attached hydrogens (primary N) is 1. The Morgan fingerprint density at radius 1 is 1.19 bits per heavy atom. The van der Waals surface area contributed by atoms with Crippen LogP contribution in [0.1, 0.15) is 48.0 Å². The number of hydrogen-bond donors (Lipinski definition) is 3. The predicted octanol–water partition coefficient (Wildman–Crippen LogP) is 1.57. The highest BCUT2D eigenvalue weighted by Gasteiger charge is 2.21. The van der Waals surface area contributed by atoms with Crippen LogP contribution in [-0.2, 0) is 11.2 Å². The van der Waals surface area contributed by atoms with E-state index >= 15 is 0 Å². The summed E-state index contributed by atoms with van der Waals surface area (Å²) in [5, 5.41) is 5.92. The van der Waals surface area contributed by atoms with Gasteiger partial charge in [0.05, 0.1) is 0 Å². The zero-order valence-electron chi connectivity index (χ0n) is 12.0. The minimum atomic E-state index is -0.0322. The van der Waals surface area contributed by atoms with E-state index in [9.17, 15) is 9.59 Å². The van der Waals surface area contributed by atoms with E-state index in [0.717, 1.165) is 36.9 Å².